The van der Waals surface area contributed by atoms with Crippen LogP contribution in [0.15, 0.2) is 23.9 Å². The summed E-state index contributed by atoms with van der Waals surface area (Å²) in [4.78, 5) is 14.5. The Balaban J connectivity index is 1.57. The summed E-state index contributed by atoms with van der Waals surface area (Å²) in [6, 6.07) is 5.86. The minimum Gasteiger partial charge on any atom is -0.454 e. The predicted octanol–water partition coefficient (Wildman–Crippen LogP) is 2.81. The number of nitrogens with zero attached hydrogens (tertiary/aromatic N) is 1. The lowest BCUT2D eigenvalue weighted by molar-refractivity contribution is -0.124. The van der Waals surface area contributed by atoms with E-state index >= 15 is 0 Å². The average molecular weight is 330 g/mol. The van der Waals surface area contributed by atoms with Gasteiger partial charge in [0.05, 0.1) is 0 Å². The molecule has 23 heavy (non-hydrogen) atoms. The van der Waals surface area contributed by atoms with Gasteiger partial charge in [-0.3, -0.25) is 9.69 Å². The number of hydrogen-bond acceptors (Lipinski definition) is 4. The third-order valence-corrected chi connectivity index (χ3v) is 4.86. The van der Waals surface area contributed by atoms with Gasteiger partial charge in [0.15, 0.2) is 16.6 Å². The van der Waals surface area contributed by atoms with E-state index in [4.69, 9.17) is 21.7 Å². The first-order valence-corrected chi connectivity index (χ1v) is 8.39. The molecule has 0 radical (unpaired) electrons. The molecule has 2 fully saturated rings. The van der Waals surface area contributed by atoms with Gasteiger partial charge in [-0.15, -0.1) is 0 Å². The minimum atomic E-state index is -0.0282. The Morgan fingerprint density at radius 2 is 1.96 bits per heavy atom. The Kier molecular flexibility index (Phi) is 3.69. The van der Waals surface area contributed by atoms with Gasteiger partial charge in [-0.25, -0.2) is 0 Å². The second-order valence-electron chi connectivity index (χ2n) is 6.07. The highest BCUT2D eigenvalue weighted by Crippen LogP contribution is 2.33. The molecule has 4 rings (SSSR count). The van der Waals surface area contributed by atoms with Crippen LogP contribution in [0.25, 0.3) is 6.08 Å². The molecule has 5 nitrogen and oxygen atoms in total. The molecule has 2 heterocycles. The van der Waals surface area contributed by atoms with E-state index in [1.165, 1.54) is 6.42 Å². The maximum atomic E-state index is 12.7. The summed E-state index contributed by atoms with van der Waals surface area (Å²) in [7, 11) is 0. The molecule has 1 saturated carbocycles. The Hall–Kier alpha value is -2.08. The van der Waals surface area contributed by atoms with Crippen molar-refractivity contribution in [1.29, 1.82) is 0 Å². The van der Waals surface area contributed by atoms with Crippen LogP contribution in [0.3, 0.4) is 0 Å². The van der Waals surface area contributed by atoms with E-state index in [0.29, 0.717) is 16.6 Å². The summed E-state index contributed by atoms with van der Waals surface area (Å²) in [5.41, 5.74) is 1.41. The Morgan fingerprint density at radius 3 is 2.78 bits per heavy atom. The fourth-order valence-electron chi connectivity index (χ4n) is 3.39. The van der Waals surface area contributed by atoms with Gasteiger partial charge in [-0.05, 0) is 48.8 Å². The molecule has 1 aromatic rings. The molecular weight excluding hydrogens is 312 g/mol. The molecule has 3 aliphatic rings. The van der Waals surface area contributed by atoms with Crippen LogP contribution < -0.4 is 14.8 Å². The molecule has 1 amide bonds. The van der Waals surface area contributed by atoms with Crippen molar-refractivity contribution in [3.63, 3.8) is 0 Å². The van der Waals surface area contributed by atoms with Crippen LogP contribution in [0.5, 0.6) is 11.5 Å². The number of nitrogens with one attached hydrogen (secondary N) is 1. The van der Waals surface area contributed by atoms with E-state index in [9.17, 15) is 4.79 Å². The molecule has 1 aliphatic carbocycles. The third kappa shape index (κ3) is 2.67. The maximum Gasteiger partial charge on any atom is 0.276 e. The third-order valence-electron chi connectivity index (χ3n) is 4.56. The highest BCUT2D eigenvalue weighted by molar-refractivity contribution is 7.80. The van der Waals surface area contributed by atoms with Gasteiger partial charge in [0, 0.05) is 6.04 Å². The number of thiocarbonyl (C=S) groups is 1. The molecule has 1 aromatic carbocycles. The van der Waals surface area contributed by atoms with Crippen molar-refractivity contribution in [1.82, 2.24) is 10.2 Å². The zero-order chi connectivity index (χ0) is 15.8. The first-order chi connectivity index (χ1) is 11.2. The van der Waals surface area contributed by atoms with Crippen LogP contribution in [0, 0.1) is 0 Å². The van der Waals surface area contributed by atoms with Crippen molar-refractivity contribution < 1.29 is 14.3 Å². The SMILES string of the molecule is O=C1C(=Cc2ccc3c(c2)OCO3)NC(=S)N1C1CCCCC1. The van der Waals surface area contributed by atoms with Crippen molar-refractivity contribution >= 4 is 29.3 Å². The molecule has 0 aromatic heterocycles. The van der Waals surface area contributed by atoms with Gasteiger partial charge in [-0.1, -0.05) is 25.3 Å². The Morgan fingerprint density at radius 1 is 1.17 bits per heavy atom. The summed E-state index contributed by atoms with van der Waals surface area (Å²) in [5, 5.41) is 3.59. The van der Waals surface area contributed by atoms with Crippen LogP contribution >= 0.6 is 12.2 Å². The van der Waals surface area contributed by atoms with E-state index in [0.717, 1.165) is 37.0 Å². The van der Waals surface area contributed by atoms with Crippen molar-refractivity contribution in [2.45, 2.75) is 38.1 Å². The topological polar surface area (TPSA) is 50.8 Å². The monoisotopic (exact) mass is 330 g/mol. The largest absolute Gasteiger partial charge is 0.454 e. The molecule has 0 spiro atoms. The molecular formula is C17H18N2O3S. The predicted molar refractivity (Wildman–Crippen MR) is 90.0 cm³/mol. The van der Waals surface area contributed by atoms with Crippen molar-refractivity contribution in [2.75, 3.05) is 6.79 Å². The van der Waals surface area contributed by atoms with E-state index in [-0.39, 0.29) is 18.7 Å². The van der Waals surface area contributed by atoms with Crippen LogP contribution in [0.2, 0.25) is 0 Å². The number of fused-ring (bicyclic) bond motifs is 1. The molecule has 120 valence electrons. The lowest BCUT2D eigenvalue weighted by atomic mass is 9.94. The smallest absolute Gasteiger partial charge is 0.276 e. The van der Waals surface area contributed by atoms with E-state index < -0.39 is 0 Å². The molecule has 1 N–H and O–H groups in total. The number of hydrogen-bond donors (Lipinski definition) is 1. The summed E-state index contributed by atoms with van der Waals surface area (Å²) < 4.78 is 10.7. The first kappa shape index (κ1) is 14.5. The molecule has 2 aliphatic heterocycles. The van der Waals surface area contributed by atoms with Gasteiger partial charge in [0.25, 0.3) is 5.91 Å². The average Bonchev–Trinajstić information content (AvgIpc) is 3.13. The van der Waals surface area contributed by atoms with E-state index in [1.807, 2.05) is 24.3 Å². The zero-order valence-corrected chi connectivity index (χ0v) is 13.5. The number of amides is 1. The van der Waals surface area contributed by atoms with E-state index in [1.54, 1.807) is 4.90 Å². The van der Waals surface area contributed by atoms with E-state index in [2.05, 4.69) is 5.32 Å². The first-order valence-electron chi connectivity index (χ1n) is 7.98. The number of rotatable bonds is 2. The number of ether oxygens (including phenoxy) is 2. The molecule has 0 unspecified atom stereocenters. The molecule has 0 bridgehead atoms. The minimum absolute atomic E-state index is 0.0282. The van der Waals surface area contributed by atoms with Crippen molar-refractivity contribution in [3.8, 4) is 11.5 Å². The Bertz CT molecular complexity index is 695. The quantitative estimate of drug-likeness (QED) is 0.667. The fraction of sp³-hybridized carbons (Fsp3) is 0.412. The van der Waals surface area contributed by atoms with Gasteiger partial charge in [-0.2, -0.15) is 0 Å². The van der Waals surface area contributed by atoms with Crippen LogP contribution in [-0.2, 0) is 4.79 Å². The van der Waals surface area contributed by atoms with Gasteiger partial charge in [0.2, 0.25) is 6.79 Å². The number of carbonyl (C=O) groups is 1. The molecule has 6 heteroatoms. The normalized spacial score (nSPS) is 22.8. The second kappa shape index (κ2) is 5.85. The highest BCUT2D eigenvalue weighted by atomic mass is 32.1. The maximum absolute atomic E-state index is 12.7. The zero-order valence-electron chi connectivity index (χ0n) is 12.7. The summed E-state index contributed by atoms with van der Waals surface area (Å²) in [5.74, 6) is 1.41. The number of carbonyl (C=O) groups excluding carboxylic acids is 1. The van der Waals surface area contributed by atoms with Crippen LogP contribution in [0.1, 0.15) is 37.7 Å². The van der Waals surface area contributed by atoms with Crippen LogP contribution in [0.4, 0.5) is 0 Å². The highest BCUT2D eigenvalue weighted by Gasteiger charge is 2.36. The lowest BCUT2D eigenvalue weighted by Gasteiger charge is -2.29. The Labute approximate surface area is 140 Å². The van der Waals surface area contributed by atoms with Gasteiger partial charge in [0.1, 0.15) is 5.70 Å². The number of benzene rings is 1. The lowest BCUT2D eigenvalue weighted by Crippen LogP contribution is -2.41. The van der Waals surface area contributed by atoms with Crippen molar-refractivity contribution in [3.05, 3.63) is 29.5 Å². The fourth-order valence-corrected chi connectivity index (χ4v) is 3.73. The van der Waals surface area contributed by atoms with Crippen LogP contribution in [-0.4, -0.2) is 28.8 Å². The van der Waals surface area contributed by atoms with Gasteiger partial charge < -0.3 is 14.8 Å². The summed E-state index contributed by atoms with van der Waals surface area (Å²) in [6.07, 6.45) is 7.46. The molecule has 1 saturated heterocycles. The summed E-state index contributed by atoms with van der Waals surface area (Å²) >= 11 is 5.38. The standard InChI is InChI=1S/C17H18N2O3S/c20-16-13(8-11-6-7-14-15(9-11)22-10-21-14)18-17(23)19(16)12-4-2-1-3-5-12/h6-9,12H,1-5,10H2,(H,18,23). The van der Waals surface area contributed by atoms with Crippen molar-refractivity contribution in [2.24, 2.45) is 0 Å². The second-order valence-corrected chi connectivity index (χ2v) is 6.45. The summed E-state index contributed by atoms with van der Waals surface area (Å²) in [6.45, 7) is 0.242. The molecule has 0 atom stereocenters. The van der Waals surface area contributed by atoms with Gasteiger partial charge >= 0.3 is 0 Å².